The summed E-state index contributed by atoms with van der Waals surface area (Å²) >= 11 is 3.15. The number of halogens is 4. The third-order valence-electron chi connectivity index (χ3n) is 5.23. The van der Waals surface area contributed by atoms with Gasteiger partial charge in [-0.25, -0.2) is 4.98 Å². The zero-order valence-corrected chi connectivity index (χ0v) is 19.6. The number of fused-ring (bicyclic) bond motifs is 1. The van der Waals surface area contributed by atoms with Gasteiger partial charge in [0.2, 0.25) is 5.91 Å². The Hall–Kier alpha value is -3.19. The number of alkyl halides is 3. The van der Waals surface area contributed by atoms with Crippen LogP contribution >= 0.6 is 15.9 Å². The normalized spacial score (nSPS) is 14.9. The molecule has 2 aromatic heterocycles. The molecular weight excluding hydrogens is 521 g/mol. The summed E-state index contributed by atoms with van der Waals surface area (Å²) in [6.07, 6.45) is -3.45. The number of aromatic nitrogens is 3. The second kappa shape index (κ2) is 9.58. The van der Waals surface area contributed by atoms with Crippen molar-refractivity contribution in [3.05, 3.63) is 46.8 Å². The number of hydrogen-bond donors (Lipinski definition) is 1. The van der Waals surface area contributed by atoms with E-state index in [1.807, 2.05) is 7.05 Å². The monoisotopic (exact) mass is 540 g/mol. The maximum atomic E-state index is 13.0. The van der Waals surface area contributed by atoms with Crippen LogP contribution in [0.5, 0.6) is 5.75 Å². The molecule has 1 aliphatic heterocycles. The average Bonchev–Trinajstić information content (AvgIpc) is 3.14. The zero-order chi connectivity index (χ0) is 24.5. The van der Waals surface area contributed by atoms with Gasteiger partial charge < -0.3 is 19.9 Å². The molecule has 3 aromatic rings. The Kier molecular flexibility index (Phi) is 6.75. The number of nitrogens with one attached hydrogen (secondary N) is 1. The fourth-order valence-corrected chi connectivity index (χ4v) is 3.85. The molecule has 0 aliphatic carbocycles. The predicted octanol–water partition coefficient (Wildman–Crippen LogP) is 3.12. The number of carbonyl (C=O) groups excluding carboxylic acids is 2. The van der Waals surface area contributed by atoms with E-state index in [0.717, 1.165) is 19.2 Å². The van der Waals surface area contributed by atoms with E-state index in [1.54, 1.807) is 17.0 Å². The van der Waals surface area contributed by atoms with E-state index in [-0.39, 0.29) is 29.3 Å². The number of rotatable bonds is 5. The molecule has 0 radical (unpaired) electrons. The Morgan fingerprint density at radius 1 is 1.18 bits per heavy atom. The van der Waals surface area contributed by atoms with Gasteiger partial charge in [0.05, 0.1) is 11.2 Å². The molecule has 1 N–H and O–H groups in total. The number of piperazine rings is 1. The van der Waals surface area contributed by atoms with Crippen LogP contribution < -0.4 is 10.1 Å². The number of ether oxygens (including phenoxy) is 1. The molecular formula is C21H20BrF3N6O3. The lowest BCUT2D eigenvalue weighted by atomic mass is 10.2. The van der Waals surface area contributed by atoms with Gasteiger partial charge >= 0.3 is 6.36 Å². The van der Waals surface area contributed by atoms with E-state index < -0.39 is 18.0 Å². The molecule has 13 heteroatoms. The minimum absolute atomic E-state index is 0.000832. The van der Waals surface area contributed by atoms with Crippen molar-refractivity contribution in [1.82, 2.24) is 24.6 Å². The summed E-state index contributed by atoms with van der Waals surface area (Å²) in [6.45, 7) is 2.66. The van der Waals surface area contributed by atoms with Crippen LogP contribution in [-0.2, 0) is 11.3 Å². The van der Waals surface area contributed by atoms with Crippen molar-refractivity contribution < 1.29 is 27.5 Å². The Bertz CT molecular complexity index is 1220. The van der Waals surface area contributed by atoms with Crippen LogP contribution in [0.2, 0.25) is 0 Å². The predicted molar refractivity (Wildman–Crippen MR) is 120 cm³/mol. The van der Waals surface area contributed by atoms with E-state index in [9.17, 15) is 22.8 Å². The number of benzene rings is 1. The van der Waals surface area contributed by atoms with Crippen molar-refractivity contribution in [1.29, 1.82) is 0 Å². The van der Waals surface area contributed by atoms with Crippen LogP contribution in [0.1, 0.15) is 10.5 Å². The van der Waals surface area contributed by atoms with Crippen molar-refractivity contribution in [3.8, 4) is 5.75 Å². The molecule has 1 fully saturated rings. The molecule has 1 saturated heterocycles. The smallest absolute Gasteiger partial charge is 0.403 e. The van der Waals surface area contributed by atoms with Gasteiger partial charge in [-0.2, -0.15) is 5.10 Å². The minimum atomic E-state index is -4.98. The second-order valence-electron chi connectivity index (χ2n) is 7.77. The Morgan fingerprint density at radius 3 is 2.59 bits per heavy atom. The highest BCUT2D eigenvalue weighted by Gasteiger charge is 2.33. The lowest BCUT2D eigenvalue weighted by molar-refractivity contribution is -0.274. The lowest BCUT2D eigenvalue weighted by Crippen LogP contribution is -2.48. The van der Waals surface area contributed by atoms with Crippen molar-refractivity contribution in [2.75, 3.05) is 38.5 Å². The van der Waals surface area contributed by atoms with Crippen molar-refractivity contribution >= 4 is 44.3 Å². The van der Waals surface area contributed by atoms with E-state index >= 15 is 0 Å². The van der Waals surface area contributed by atoms with Gasteiger partial charge in [-0.3, -0.25) is 14.3 Å². The van der Waals surface area contributed by atoms with Crippen LogP contribution in [0.15, 0.2) is 41.1 Å². The van der Waals surface area contributed by atoms with Crippen molar-refractivity contribution in [2.45, 2.75) is 12.9 Å². The van der Waals surface area contributed by atoms with Gasteiger partial charge in [0.15, 0.2) is 5.75 Å². The van der Waals surface area contributed by atoms with Crippen LogP contribution in [0.3, 0.4) is 0 Å². The molecule has 2 amide bonds. The maximum absolute atomic E-state index is 13.0. The molecule has 9 nitrogen and oxygen atoms in total. The first-order valence-corrected chi connectivity index (χ1v) is 11.0. The van der Waals surface area contributed by atoms with Crippen LogP contribution in [0.4, 0.5) is 18.9 Å². The second-order valence-corrected chi connectivity index (χ2v) is 8.58. The minimum Gasteiger partial charge on any atom is -0.403 e. The van der Waals surface area contributed by atoms with Crippen LogP contribution in [0.25, 0.3) is 10.9 Å². The Labute approximate surface area is 200 Å². The summed E-state index contributed by atoms with van der Waals surface area (Å²) in [5.41, 5.74) is -0.0218. The van der Waals surface area contributed by atoms with Gasteiger partial charge in [-0.1, -0.05) is 6.07 Å². The molecule has 180 valence electrons. The number of likely N-dealkylation sites (N-methyl/N-ethyl adjacent to an activating group) is 1. The number of nitrogens with zero attached hydrogens (tertiary/aromatic N) is 5. The molecule has 1 aliphatic rings. The summed E-state index contributed by atoms with van der Waals surface area (Å²) in [4.78, 5) is 33.0. The first-order chi connectivity index (χ1) is 16.1. The number of amides is 2. The molecule has 0 bridgehead atoms. The highest BCUT2D eigenvalue weighted by Crippen LogP contribution is 2.34. The van der Waals surface area contributed by atoms with E-state index in [0.29, 0.717) is 23.1 Å². The molecule has 1 aromatic carbocycles. The molecule has 4 rings (SSSR count). The average molecular weight is 541 g/mol. The van der Waals surface area contributed by atoms with Crippen molar-refractivity contribution in [3.63, 3.8) is 0 Å². The van der Waals surface area contributed by atoms with Gasteiger partial charge in [0, 0.05) is 43.8 Å². The summed E-state index contributed by atoms with van der Waals surface area (Å²) in [7, 11) is 1.98. The van der Waals surface area contributed by atoms with E-state index in [1.165, 1.54) is 23.0 Å². The number of carbonyl (C=O) groups is 2. The zero-order valence-electron chi connectivity index (χ0n) is 18.0. The topological polar surface area (TPSA) is 92.6 Å². The number of anilines is 1. The third-order valence-corrected chi connectivity index (χ3v) is 5.67. The lowest BCUT2D eigenvalue weighted by Gasteiger charge is -2.32. The molecule has 34 heavy (non-hydrogen) atoms. The summed E-state index contributed by atoms with van der Waals surface area (Å²) in [6, 6.07) is 6.99. The molecule has 3 heterocycles. The summed E-state index contributed by atoms with van der Waals surface area (Å²) in [5.74, 6) is -1.48. The van der Waals surface area contributed by atoms with E-state index in [2.05, 4.69) is 41.0 Å². The largest absolute Gasteiger partial charge is 0.573 e. The third kappa shape index (κ3) is 5.83. The Balaban J connectivity index is 1.60. The highest BCUT2D eigenvalue weighted by atomic mass is 79.9. The summed E-state index contributed by atoms with van der Waals surface area (Å²) in [5, 5.41) is 7.06. The quantitative estimate of drug-likeness (QED) is 0.500. The summed E-state index contributed by atoms with van der Waals surface area (Å²) < 4.78 is 44.9. The van der Waals surface area contributed by atoms with Crippen LogP contribution in [0, 0.1) is 0 Å². The van der Waals surface area contributed by atoms with Gasteiger partial charge in [-0.05, 0) is 41.2 Å². The Morgan fingerprint density at radius 2 is 1.91 bits per heavy atom. The fourth-order valence-electron chi connectivity index (χ4n) is 3.51. The van der Waals surface area contributed by atoms with Crippen LogP contribution in [-0.4, -0.2) is 76.0 Å². The maximum Gasteiger partial charge on any atom is 0.573 e. The molecule has 0 spiro atoms. The molecule has 0 atom stereocenters. The standard InChI is InChI=1S/C21H20BrF3N6O3/c1-29-5-7-30(8-6-29)19(32)12-31-11-13-9-16(17(10-15(13)28-31)34-21(23,24)25)27-20(33)14-3-2-4-18(22)26-14/h2-4,9-11H,5-8,12H2,1H3,(H,27,33). The SMILES string of the molecule is CN1CCN(C(=O)Cn2cc3cc(NC(=O)c4cccc(Br)n4)c(OC(F)(F)F)cc3n2)CC1. The van der Waals surface area contributed by atoms with Gasteiger partial charge in [0.25, 0.3) is 5.91 Å². The van der Waals surface area contributed by atoms with Crippen molar-refractivity contribution in [2.24, 2.45) is 0 Å². The fraction of sp³-hybridized carbons (Fsp3) is 0.333. The van der Waals surface area contributed by atoms with Gasteiger partial charge in [0.1, 0.15) is 16.8 Å². The number of pyridine rings is 1. The first kappa shape index (κ1) is 24.0. The highest BCUT2D eigenvalue weighted by molar-refractivity contribution is 9.10. The molecule has 0 saturated carbocycles. The van der Waals surface area contributed by atoms with E-state index in [4.69, 9.17) is 0 Å². The number of hydrogen-bond acceptors (Lipinski definition) is 6. The van der Waals surface area contributed by atoms with Gasteiger partial charge in [-0.15, -0.1) is 13.2 Å². The molecule has 0 unspecified atom stereocenters. The first-order valence-electron chi connectivity index (χ1n) is 10.2.